The summed E-state index contributed by atoms with van der Waals surface area (Å²) in [6.45, 7) is 5.73. The Hall–Kier alpha value is -1.14. The molecule has 1 saturated heterocycles. The molecular weight excluding hydrogens is 302 g/mol. The number of amides is 1. The number of nitrogens with one attached hydrogen (secondary N) is 1. The van der Waals surface area contributed by atoms with Crippen molar-refractivity contribution in [2.24, 2.45) is 0 Å². The maximum Gasteiger partial charge on any atom is 0.253 e. The highest BCUT2D eigenvalue weighted by Gasteiger charge is 2.29. The third-order valence-electron chi connectivity index (χ3n) is 4.19. The number of rotatable bonds is 6. The number of likely N-dealkylation sites (N-methyl/N-ethyl adjacent to an activating group) is 2. The van der Waals surface area contributed by atoms with Crippen LogP contribution in [-0.4, -0.2) is 72.7 Å². The van der Waals surface area contributed by atoms with Crippen LogP contribution in [0.1, 0.15) is 17.3 Å². The number of hydrogen-bond donors (Lipinski definition) is 2. The Morgan fingerprint density at radius 3 is 2.55 bits per heavy atom. The van der Waals surface area contributed by atoms with Gasteiger partial charge in [-0.1, -0.05) is 18.5 Å². The number of nitrogens with zero attached hydrogens (tertiary/aromatic N) is 2. The van der Waals surface area contributed by atoms with Gasteiger partial charge in [0, 0.05) is 49.9 Å². The second-order valence-electron chi connectivity index (χ2n) is 5.66. The number of carbonyl (C=O) groups excluding carboxylic acids is 1. The van der Waals surface area contributed by atoms with Crippen LogP contribution in [0.4, 0.5) is 0 Å². The van der Waals surface area contributed by atoms with Crippen molar-refractivity contribution in [1.29, 1.82) is 0 Å². The summed E-state index contributed by atoms with van der Waals surface area (Å²) in [6.07, 6.45) is -0.336. The van der Waals surface area contributed by atoms with E-state index in [0.29, 0.717) is 23.7 Å². The predicted molar refractivity (Wildman–Crippen MR) is 88.3 cm³/mol. The minimum Gasteiger partial charge on any atom is -0.390 e. The average Bonchev–Trinajstić information content (AvgIpc) is 2.94. The maximum absolute atomic E-state index is 12.3. The first-order valence-electron chi connectivity index (χ1n) is 7.66. The predicted octanol–water partition coefficient (Wildman–Crippen LogP) is 1.07. The topological polar surface area (TPSA) is 55.8 Å². The Labute approximate surface area is 136 Å². The van der Waals surface area contributed by atoms with Gasteiger partial charge < -0.3 is 15.3 Å². The molecule has 0 spiro atoms. The van der Waals surface area contributed by atoms with Crippen molar-refractivity contribution in [3.63, 3.8) is 0 Å². The maximum atomic E-state index is 12.3. The van der Waals surface area contributed by atoms with E-state index in [1.54, 1.807) is 36.2 Å². The third kappa shape index (κ3) is 4.20. The summed E-state index contributed by atoms with van der Waals surface area (Å²) in [5.74, 6) is -0.0159. The van der Waals surface area contributed by atoms with Crippen LogP contribution in [0.15, 0.2) is 24.3 Å². The molecule has 2 atom stereocenters. The van der Waals surface area contributed by atoms with Gasteiger partial charge >= 0.3 is 0 Å². The number of benzene rings is 1. The van der Waals surface area contributed by atoms with Crippen molar-refractivity contribution in [3.8, 4) is 0 Å². The van der Waals surface area contributed by atoms with E-state index in [1.807, 2.05) is 0 Å². The van der Waals surface area contributed by atoms with Gasteiger partial charge in [0.15, 0.2) is 0 Å². The van der Waals surface area contributed by atoms with Gasteiger partial charge in [0.1, 0.15) is 0 Å². The minimum atomic E-state index is -0.336. The summed E-state index contributed by atoms with van der Waals surface area (Å²) >= 11 is 5.84. The Morgan fingerprint density at radius 2 is 2.00 bits per heavy atom. The fourth-order valence-electron chi connectivity index (χ4n) is 2.77. The Balaban J connectivity index is 1.89. The number of carbonyl (C=O) groups is 1. The van der Waals surface area contributed by atoms with Crippen molar-refractivity contribution in [2.75, 3.05) is 39.8 Å². The lowest BCUT2D eigenvalue weighted by Gasteiger charge is -2.31. The first-order valence-corrected chi connectivity index (χ1v) is 8.04. The Morgan fingerprint density at radius 1 is 1.32 bits per heavy atom. The first-order chi connectivity index (χ1) is 10.5. The summed E-state index contributed by atoms with van der Waals surface area (Å²) in [5.41, 5.74) is 0.637. The fraction of sp³-hybridized carbons (Fsp3) is 0.562. The zero-order valence-electron chi connectivity index (χ0n) is 13.1. The summed E-state index contributed by atoms with van der Waals surface area (Å²) in [5, 5.41) is 13.8. The van der Waals surface area contributed by atoms with Crippen LogP contribution >= 0.6 is 11.6 Å². The van der Waals surface area contributed by atoms with Gasteiger partial charge in [-0.3, -0.25) is 9.69 Å². The van der Waals surface area contributed by atoms with Crippen molar-refractivity contribution in [2.45, 2.75) is 19.1 Å². The molecule has 5 nitrogen and oxygen atoms in total. The van der Waals surface area contributed by atoms with E-state index in [4.69, 9.17) is 11.6 Å². The first kappa shape index (κ1) is 17.2. The van der Waals surface area contributed by atoms with Crippen LogP contribution in [0.3, 0.4) is 0 Å². The summed E-state index contributed by atoms with van der Waals surface area (Å²) in [7, 11) is 1.80. The van der Waals surface area contributed by atoms with E-state index in [1.165, 1.54) is 0 Å². The molecule has 122 valence electrons. The Kier molecular flexibility index (Phi) is 6.20. The van der Waals surface area contributed by atoms with Gasteiger partial charge in [-0.25, -0.2) is 0 Å². The number of β-amino-alcohol motifs (C(OH)–C–C–N with tert-alkyl or cyclic N) is 1. The highest BCUT2D eigenvalue weighted by Crippen LogP contribution is 2.12. The van der Waals surface area contributed by atoms with Crippen molar-refractivity contribution >= 4 is 17.5 Å². The molecule has 1 heterocycles. The summed E-state index contributed by atoms with van der Waals surface area (Å²) in [4.78, 5) is 16.3. The van der Waals surface area contributed by atoms with Crippen LogP contribution in [0.5, 0.6) is 0 Å². The molecule has 2 rings (SSSR count). The molecule has 1 amide bonds. The molecule has 1 aliphatic heterocycles. The molecule has 0 bridgehead atoms. The molecule has 0 unspecified atom stereocenters. The monoisotopic (exact) mass is 325 g/mol. The highest BCUT2D eigenvalue weighted by molar-refractivity contribution is 6.30. The molecule has 0 aromatic heterocycles. The molecule has 1 fully saturated rings. The largest absolute Gasteiger partial charge is 0.390 e. The van der Waals surface area contributed by atoms with E-state index in [-0.39, 0.29) is 18.1 Å². The van der Waals surface area contributed by atoms with Crippen LogP contribution in [0.25, 0.3) is 0 Å². The van der Waals surface area contributed by atoms with Crippen LogP contribution in [-0.2, 0) is 0 Å². The summed E-state index contributed by atoms with van der Waals surface area (Å²) < 4.78 is 0. The molecule has 2 N–H and O–H groups in total. The smallest absolute Gasteiger partial charge is 0.253 e. The number of hydrogen-bond acceptors (Lipinski definition) is 4. The summed E-state index contributed by atoms with van der Waals surface area (Å²) in [6, 6.07) is 7.06. The van der Waals surface area contributed by atoms with Gasteiger partial charge in [0.25, 0.3) is 5.91 Å². The van der Waals surface area contributed by atoms with Gasteiger partial charge in [-0.2, -0.15) is 0 Å². The molecule has 0 saturated carbocycles. The molecule has 1 aromatic carbocycles. The lowest BCUT2D eigenvalue weighted by atomic mass is 10.1. The lowest BCUT2D eigenvalue weighted by molar-refractivity contribution is 0.0678. The van der Waals surface area contributed by atoms with E-state index in [2.05, 4.69) is 17.1 Å². The Bertz CT molecular complexity index is 495. The van der Waals surface area contributed by atoms with Gasteiger partial charge in [-0.15, -0.1) is 0 Å². The SMILES string of the molecule is CCN(CCN(C)C(=O)c1ccc(Cl)cc1)[C@@H]1CNC[C@H]1O. The van der Waals surface area contributed by atoms with Crippen molar-refractivity contribution in [3.05, 3.63) is 34.9 Å². The van der Waals surface area contributed by atoms with Crippen molar-refractivity contribution in [1.82, 2.24) is 15.1 Å². The molecule has 22 heavy (non-hydrogen) atoms. The van der Waals surface area contributed by atoms with Crippen LogP contribution < -0.4 is 5.32 Å². The second-order valence-corrected chi connectivity index (χ2v) is 6.09. The molecule has 0 radical (unpaired) electrons. The normalized spacial score (nSPS) is 21.3. The standard InChI is InChI=1S/C16H24ClN3O2/c1-3-20(14-10-18-11-15(14)21)9-8-19(2)16(22)12-4-6-13(17)7-5-12/h4-7,14-15,18,21H,3,8-11H2,1-2H3/t14-,15-/m1/s1. The molecule has 1 aromatic rings. The third-order valence-corrected chi connectivity index (χ3v) is 4.44. The van der Waals surface area contributed by atoms with E-state index in [0.717, 1.165) is 19.6 Å². The van der Waals surface area contributed by atoms with Gasteiger partial charge in [0.2, 0.25) is 0 Å². The minimum absolute atomic E-state index is 0.0159. The molecular formula is C16H24ClN3O2. The highest BCUT2D eigenvalue weighted by atomic mass is 35.5. The second kappa shape index (κ2) is 7.92. The van der Waals surface area contributed by atoms with Gasteiger partial charge in [0.05, 0.1) is 6.10 Å². The zero-order valence-corrected chi connectivity index (χ0v) is 13.9. The van der Waals surface area contributed by atoms with E-state index < -0.39 is 0 Å². The lowest BCUT2D eigenvalue weighted by Crippen LogP contribution is -2.46. The van der Waals surface area contributed by atoms with Gasteiger partial charge in [-0.05, 0) is 30.8 Å². The van der Waals surface area contributed by atoms with Crippen molar-refractivity contribution < 1.29 is 9.90 Å². The molecule has 0 aliphatic carbocycles. The molecule has 6 heteroatoms. The number of aliphatic hydroxyl groups excluding tert-OH is 1. The quantitative estimate of drug-likeness (QED) is 0.821. The molecule has 1 aliphatic rings. The van der Waals surface area contributed by atoms with E-state index in [9.17, 15) is 9.90 Å². The zero-order chi connectivity index (χ0) is 16.1. The van der Waals surface area contributed by atoms with Crippen LogP contribution in [0.2, 0.25) is 5.02 Å². The van der Waals surface area contributed by atoms with E-state index >= 15 is 0 Å². The fourth-order valence-corrected chi connectivity index (χ4v) is 2.90. The number of aliphatic hydroxyl groups is 1. The van der Waals surface area contributed by atoms with Crippen LogP contribution in [0, 0.1) is 0 Å². The number of halogens is 1. The average molecular weight is 326 g/mol.